The van der Waals surface area contributed by atoms with Gasteiger partial charge in [0.25, 0.3) is 0 Å². The molecule has 0 unspecified atom stereocenters. The molecule has 0 fully saturated rings. The molecule has 0 saturated carbocycles. The first-order valence-corrected chi connectivity index (χ1v) is 6.37. The van der Waals surface area contributed by atoms with Crippen molar-refractivity contribution in [2.45, 2.75) is 0 Å². The fraction of sp³-hybridized carbons (Fsp3) is 0.0909. The molecule has 88 valence electrons. The van der Waals surface area contributed by atoms with Crippen molar-refractivity contribution in [2.75, 3.05) is 12.4 Å². The zero-order valence-corrected chi connectivity index (χ0v) is 11.3. The zero-order valence-electron chi connectivity index (χ0n) is 8.94. The van der Waals surface area contributed by atoms with E-state index in [1.807, 2.05) is 24.3 Å². The van der Waals surface area contributed by atoms with Crippen LogP contribution in [0.2, 0.25) is 0 Å². The summed E-state index contributed by atoms with van der Waals surface area (Å²) >= 11 is 4.68. The number of hydrogen-bond acceptors (Lipinski definition) is 5. The minimum absolute atomic E-state index is 0.373. The predicted octanol–water partition coefficient (Wildman–Crippen LogP) is 3.44. The number of nitrogens with zero attached hydrogens (tertiary/aromatic N) is 1. The summed E-state index contributed by atoms with van der Waals surface area (Å²) in [4.78, 5) is 15.8. The lowest BCUT2D eigenvalue weighted by Gasteiger charge is -2.03. The molecule has 0 aliphatic heterocycles. The van der Waals surface area contributed by atoms with Crippen LogP contribution in [0.3, 0.4) is 0 Å². The normalized spacial score (nSPS) is 10.0. The standard InChI is InChI=1S/C11H9BrN2O2S/c1-16-10(15)9-6-13-11(17-9)14-8-5-3-2-4-7(8)12/h2-6H,1H3,(H,13,14). The number of nitrogens with one attached hydrogen (secondary N) is 1. The number of methoxy groups -OCH3 is 1. The number of hydrogen-bond donors (Lipinski definition) is 1. The molecule has 0 atom stereocenters. The topological polar surface area (TPSA) is 51.2 Å². The van der Waals surface area contributed by atoms with Crippen LogP contribution in [-0.2, 0) is 4.74 Å². The van der Waals surface area contributed by atoms with Crippen molar-refractivity contribution in [3.05, 3.63) is 39.8 Å². The first-order chi connectivity index (χ1) is 8.20. The molecule has 0 saturated heterocycles. The summed E-state index contributed by atoms with van der Waals surface area (Å²) in [7, 11) is 1.35. The van der Waals surface area contributed by atoms with Gasteiger partial charge >= 0.3 is 5.97 Å². The monoisotopic (exact) mass is 312 g/mol. The SMILES string of the molecule is COC(=O)c1cnc(Nc2ccccc2Br)s1. The Balaban J connectivity index is 2.17. The molecule has 2 rings (SSSR count). The molecular formula is C11H9BrN2O2S. The van der Waals surface area contributed by atoms with Gasteiger partial charge in [0.2, 0.25) is 0 Å². The second-order valence-electron chi connectivity index (χ2n) is 3.13. The molecule has 1 aromatic carbocycles. The lowest BCUT2D eigenvalue weighted by Crippen LogP contribution is -1.96. The fourth-order valence-corrected chi connectivity index (χ4v) is 2.34. The molecule has 6 heteroatoms. The molecule has 0 amide bonds. The van der Waals surface area contributed by atoms with Crippen LogP contribution in [0.25, 0.3) is 0 Å². The van der Waals surface area contributed by atoms with E-state index in [9.17, 15) is 4.79 Å². The number of thiazole rings is 1. The van der Waals surface area contributed by atoms with E-state index in [0.717, 1.165) is 10.2 Å². The Morgan fingerprint density at radius 1 is 1.47 bits per heavy atom. The Kier molecular flexibility index (Phi) is 3.75. The molecule has 0 bridgehead atoms. The molecule has 1 heterocycles. The van der Waals surface area contributed by atoms with Crippen LogP contribution in [0, 0.1) is 0 Å². The first-order valence-electron chi connectivity index (χ1n) is 4.76. The summed E-state index contributed by atoms with van der Waals surface area (Å²) in [5.74, 6) is -0.373. The summed E-state index contributed by atoms with van der Waals surface area (Å²) in [6.45, 7) is 0. The van der Waals surface area contributed by atoms with Gasteiger partial charge in [-0.25, -0.2) is 9.78 Å². The van der Waals surface area contributed by atoms with Crippen LogP contribution in [0.15, 0.2) is 34.9 Å². The van der Waals surface area contributed by atoms with Gasteiger partial charge in [0.15, 0.2) is 5.13 Å². The van der Waals surface area contributed by atoms with Crippen molar-refractivity contribution in [3.63, 3.8) is 0 Å². The quantitative estimate of drug-likeness (QED) is 0.882. The Labute approximate surface area is 111 Å². The summed E-state index contributed by atoms with van der Waals surface area (Å²) in [6, 6.07) is 7.69. The lowest BCUT2D eigenvalue weighted by molar-refractivity contribution is 0.0606. The minimum Gasteiger partial charge on any atom is -0.465 e. The van der Waals surface area contributed by atoms with Gasteiger partial charge in [0.1, 0.15) is 4.88 Å². The van der Waals surface area contributed by atoms with E-state index < -0.39 is 0 Å². The smallest absolute Gasteiger partial charge is 0.349 e. The third-order valence-corrected chi connectivity index (χ3v) is 3.59. The summed E-state index contributed by atoms with van der Waals surface area (Å²) in [5.41, 5.74) is 0.901. The number of rotatable bonds is 3. The van der Waals surface area contributed by atoms with Crippen LogP contribution in [-0.4, -0.2) is 18.1 Å². The van der Waals surface area contributed by atoms with Gasteiger partial charge in [-0.3, -0.25) is 0 Å². The summed E-state index contributed by atoms with van der Waals surface area (Å²) < 4.78 is 5.56. The van der Waals surface area contributed by atoms with Crippen molar-refractivity contribution in [2.24, 2.45) is 0 Å². The second-order valence-corrected chi connectivity index (χ2v) is 5.01. The Hall–Kier alpha value is -1.40. The number of ether oxygens (including phenoxy) is 1. The van der Waals surface area contributed by atoms with Crippen LogP contribution in [0.5, 0.6) is 0 Å². The van der Waals surface area contributed by atoms with Gasteiger partial charge in [0.05, 0.1) is 19.0 Å². The number of para-hydroxylation sites is 1. The average Bonchev–Trinajstić information content (AvgIpc) is 2.80. The number of benzene rings is 1. The van der Waals surface area contributed by atoms with Gasteiger partial charge in [-0.2, -0.15) is 0 Å². The van der Waals surface area contributed by atoms with E-state index in [2.05, 4.69) is 31.0 Å². The van der Waals surface area contributed by atoms with Crippen LogP contribution in [0.4, 0.5) is 10.8 Å². The minimum atomic E-state index is -0.373. The van der Waals surface area contributed by atoms with Gasteiger partial charge in [-0.05, 0) is 28.1 Å². The predicted molar refractivity (Wildman–Crippen MR) is 70.9 cm³/mol. The number of aromatic nitrogens is 1. The number of esters is 1. The second kappa shape index (κ2) is 5.29. The Bertz CT molecular complexity index is 542. The van der Waals surface area contributed by atoms with Crippen molar-refractivity contribution in [3.8, 4) is 0 Å². The molecule has 0 spiro atoms. The van der Waals surface area contributed by atoms with Crippen molar-refractivity contribution >= 4 is 44.1 Å². The van der Waals surface area contributed by atoms with Crippen molar-refractivity contribution < 1.29 is 9.53 Å². The van der Waals surface area contributed by atoms with Gasteiger partial charge in [0, 0.05) is 4.47 Å². The highest BCUT2D eigenvalue weighted by Crippen LogP contribution is 2.27. The maximum Gasteiger partial charge on any atom is 0.349 e. The molecule has 1 N–H and O–H groups in total. The van der Waals surface area contributed by atoms with Crippen molar-refractivity contribution in [1.29, 1.82) is 0 Å². The zero-order chi connectivity index (χ0) is 12.3. The third kappa shape index (κ3) is 2.83. The third-order valence-electron chi connectivity index (χ3n) is 2.01. The van der Waals surface area contributed by atoms with Crippen LogP contribution in [0.1, 0.15) is 9.67 Å². The highest BCUT2D eigenvalue weighted by Gasteiger charge is 2.10. The van der Waals surface area contributed by atoms with E-state index in [-0.39, 0.29) is 5.97 Å². The van der Waals surface area contributed by atoms with Gasteiger partial charge in [-0.1, -0.05) is 23.5 Å². The van der Waals surface area contributed by atoms with E-state index >= 15 is 0 Å². The number of carbonyl (C=O) groups is 1. The van der Waals surface area contributed by atoms with E-state index in [1.165, 1.54) is 24.6 Å². The highest BCUT2D eigenvalue weighted by atomic mass is 79.9. The molecule has 0 aliphatic rings. The molecule has 4 nitrogen and oxygen atoms in total. The highest BCUT2D eigenvalue weighted by molar-refractivity contribution is 9.10. The molecule has 0 aliphatic carbocycles. The molecule has 1 aromatic heterocycles. The number of halogens is 1. The van der Waals surface area contributed by atoms with Gasteiger partial charge < -0.3 is 10.1 Å². The molecule has 0 radical (unpaired) electrons. The van der Waals surface area contributed by atoms with Crippen LogP contribution < -0.4 is 5.32 Å². The number of carbonyl (C=O) groups excluding carboxylic acids is 1. The van der Waals surface area contributed by atoms with Crippen molar-refractivity contribution in [1.82, 2.24) is 4.98 Å². The van der Waals surface area contributed by atoms with E-state index in [1.54, 1.807) is 0 Å². The largest absolute Gasteiger partial charge is 0.465 e. The Morgan fingerprint density at radius 2 is 2.24 bits per heavy atom. The fourth-order valence-electron chi connectivity index (χ4n) is 1.20. The maximum absolute atomic E-state index is 11.3. The van der Waals surface area contributed by atoms with Crippen LogP contribution >= 0.6 is 27.3 Å². The molecule has 2 aromatic rings. The molecule has 17 heavy (non-hydrogen) atoms. The first kappa shape index (κ1) is 12.1. The summed E-state index contributed by atoms with van der Waals surface area (Å²) in [5, 5.41) is 3.77. The van der Waals surface area contributed by atoms with E-state index in [0.29, 0.717) is 10.0 Å². The maximum atomic E-state index is 11.3. The summed E-state index contributed by atoms with van der Waals surface area (Å²) in [6.07, 6.45) is 1.50. The van der Waals surface area contributed by atoms with Gasteiger partial charge in [-0.15, -0.1) is 0 Å². The van der Waals surface area contributed by atoms with E-state index in [4.69, 9.17) is 0 Å². The number of anilines is 2. The lowest BCUT2D eigenvalue weighted by atomic mass is 10.3. The average molecular weight is 313 g/mol. The Morgan fingerprint density at radius 3 is 2.94 bits per heavy atom. The molecular weight excluding hydrogens is 304 g/mol.